The first-order valence-electron chi connectivity index (χ1n) is 6.85. The monoisotopic (exact) mass is 287 g/mol. The molecule has 21 heavy (non-hydrogen) atoms. The van der Waals surface area contributed by atoms with Gasteiger partial charge in [0, 0.05) is 12.8 Å². The number of H-pyrrole nitrogens is 1. The second-order valence-corrected chi connectivity index (χ2v) is 4.91. The Morgan fingerprint density at radius 3 is 2.90 bits per heavy atom. The van der Waals surface area contributed by atoms with E-state index < -0.39 is 5.56 Å². The van der Waals surface area contributed by atoms with Crippen LogP contribution in [0.4, 0.5) is 0 Å². The molecule has 0 fully saturated rings. The Kier molecular flexibility index (Phi) is 4.55. The number of rotatable bonds is 5. The van der Waals surface area contributed by atoms with Gasteiger partial charge in [-0.2, -0.15) is 5.26 Å². The van der Waals surface area contributed by atoms with Gasteiger partial charge in [-0.15, -0.1) is 0 Å². The molecule has 0 bridgehead atoms. The van der Waals surface area contributed by atoms with Crippen molar-refractivity contribution in [2.24, 2.45) is 0 Å². The minimum atomic E-state index is -0.484. The fraction of sp³-hybridized carbons (Fsp3) is 0.400. The average molecular weight is 287 g/mol. The lowest BCUT2D eigenvalue weighted by molar-refractivity contribution is 0.0542. The summed E-state index contributed by atoms with van der Waals surface area (Å²) in [5.74, 6) is 0. The molecule has 2 aromatic rings. The van der Waals surface area contributed by atoms with E-state index in [1.165, 1.54) is 10.6 Å². The van der Waals surface area contributed by atoms with E-state index in [1.54, 1.807) is 18.3 Å². The average Bonchev–Trinajstić information content (AvgIpc) is 2.47. The summed E-state index contributed by atoms with van der Waals surface area (Å²) in [7, 11) is 0. The summed E-state index contributed by atoms with van der Waals surface area (Å²) in [6.45, 7) is 5.00. The number of nitrogens with one attached hydrogen (secondary N) is 1. The highest BCUT2D eigenvalue weighted by molar-refractivity contribution is 5.78. The van der Waals surface area contributed by atoms with Gasteiger partial charge in [-0.1, -0.05) is 6.92 Å². The topological polar surface area (TPSA) is 87.9 Å². The van der Waals surface area contributed by atoms with Crippen LogP contribution in [0.5, 0.6) is 0 Å². The van der Waals surface area contributed by atoms with Gasteiger partial charge in [-0.3, -0.25) is 9.59 Å². The highest BCUT2D eigenvalue weighted by Crippen LogP contribution is 2.06. The molecule has 0 aromatic carbocycles. The molecule has 0 radical (unpaired) electrons. The molecule has 2 aromatic heterocycles. The maximum Gasteiger partial charge on any atom is 0.266 e. The molecule has 0 unspecified atom stereocenters. The summed E-state index contributed by atoms with van der Waals surface area (Å²) in [6.07, 6.45) is 2.46. The van der Waals surface area contributed by atoms with Crippen LogP contribution in [-0.4, -0.2) is 22.3 Å². The van der Waals surface area contributed by atoms with E-state index in [-0.39, 0.29) is 17.2 Å². The molecular weight excluding hydrogens is 270 g/mol. The lowest BCUT2D eigenvalue weighted by Crippen LogP contribution is -2.27. The van der Waals surface area contributed by atoms with Crippen LogP contribution in [0, 0.1) is 11.3 Å². The van der Waals surface area contributed by atoms with Crippen molar-refractivity contribution in [1.29, 1.82) is 5.26 Å². The zero-order valence-corrected chi connectivity index (χ0v) is 12.0. The number of nitriles is 1. The molecule has 0 spiro atoms. The number of pyridine rings is 2. The van der Waals surface area contributed by atoms with Crippen LogP contribution in [0.25, 0.3) is 10.9 Å². The van der Waals surface area contributed by atoms with Crippen molar-refractivity contribution < 1.29 is 4.74 Å². The molecule has 2 heterocycles. The van der Waals surface area contributed by atoms with Crippen molar-refractivity contribution in [2.45, 2.75) is 32.9 Å². The Labute approximate surface area is 121 Å². The van der Waals surface area contributed by atoms with Crippen molar-refractivity contribution in [1.82, 2.24) is 9.55 Å². The van der Waals surface area contributed by atoms with E-state index >= 15 is 0 Å². The molecule has 1 N–H and O–H groups in total. The highest BCUT2D eigenvalue weighted by atomic mass is 16.5. The van der Waals surface area contributed by atoms with Gasteiger partial charge in [-0.05, 0) is 25.5 Å². The summed E-state index contributed by atoms with van der Waals surface area (Å²) in [4.78, 5) is 26.5. The van der Waals surface area contributed by atoms with Crippen molar-refractivity contribution in [3.05, 3.63) is 44.6 Å². The number of ether oxygens (including phenoxy) is 1. The van der Waals surface area contributed by atoms with Crippen LogP contribution in [0.3, 0.4) is 0 Å². The first kappa shape index (κ1) is 15.0. The number of aromatic nitrogens is 2. The summed E-state index contributed by atoms with van der Waals surface area (Å²) in [5, 5.41) is 9.21. The van der Waals surface area contributed by atoms with Crippen LogP contribution in [0.1, 0.15) is 25.8 Å². The molecule has 6 heteroatoms. The number of hydrogen-bond acceptors (Lipinski definition) is 4. The van der Waals surface area contributed by atoms with Gasteiger partial charge in [0.1, 0.15) is 11.6 Å². The van der Waals surface area contributed by atoms with Crippen molar-refractivity contribution in [3.8, 4) is 6.07 Å². The third-order valence-corrected chi connectivity index (χ3v) is 3.16. The normalized spacial score (nSPS) is 12.2. The molecule has 0 aliphatic rings. The quantitative estimate of drug-likeness (QED) is 0.899. The van der Waals surface area contributed by atoms with Crippen LogP contribution in [0.2, 0.25) is 0 Å². The molecule has 6 nitrogen and oxygen atoms in total. The minimum absolute atomic E-state index is 0.0624. The molecule has 2 rings (SSSR count). The highest BCUT2D eigenvalue weighted by Gasteiger charge is 2.09. The first-order valence-corrected chi connectivity index (χ1v) is 6.85. The first-order chi connectivity index (χ1) is 10.1. The van der Waals surface area contributed by atoms with Gasteiger partial charge in [0.05, 0.1) is 23.6 Å². The Hall–Kier alpha value is -2.39. The largest absolute Gasteiger partial charge is 0.377 e. The maximum absolute atomic E-state index is 12.4. The Morgan fingerprint density at radius 1 is 1.48 bits per heavy atom. The van der Waals surface area contributed by atoms with Gasteiger partial charge < -0.3 is 14.3 Å². The molecule has 0 saturated heterocycles. The predicted octanol–water partition coefficient (Wildman–Crippen LogP) is 1.38. The van der Waals surface area contributed by atoms with Gasteiger partial charge >= 0.3 is 0 Å². The van der Waals surface area contributed by atoms with Crippen molar-refractivity contribution in [2.75, 3.05) is 6.61 Å². The summed E-state index contributed by atoms with van der Waals surface area (Å²) in [5.41, 5.74) is -0.357. The van der Waals surface area contributed by atoms with Crippen LogP contribution < -0.4 is 11.1 Å². The Morgan fingerprint density at radius 2 is 2.24 bits per heavy atom. The third-order valence-electron chi connectivity index (χ3n) is 3.16. The number of hydrogen-bond donors (Lipinski definition) is 1. The molecule has 0 amide bonds. The number of nitrogens with zero attached hydrogens (tertiary/aromatic N) is 2. The molecule has 0 aliphatic carbocycles. The van der Waals surface area contributed by atoms with Crippen molar-refractivity contribution in [3.63, 3.8) is 0 Å². The van der Waals surface area contributed by atoms with Gasteiger partial charge in [0.2, 0.25) is 0 Å². The maximum atomic E-state index is 12.4. The minimum Gasteiger partial charge on any atom is -0.377 e. The summed E-state index contributed by atoms with van der Waals surface area (Å²) in [6, 6.07) is 4.78. The van der Waals surface area contributed by atoms with Gasteiger partial charge in [-0.25, -0.2) is 0 Å². The Bertz CT molecular complexity index is 798. The fourth-order valence-corrected chi connectivity index (χ4v) is 2.12. The van der Waals surface area contributed by atoms with Crippen molar-refractivity contribution >= 4 is 10.9 Å². The SMILES string of the molecule is CCCO[C@@H](C)Cn1ccc2[nH]c(=O)c(C#N)cc2c1=O. The van der Waals surface area contributed by atoms with E-state index in [2.05, 4.69) is 4.98 Å². The van der Waals surface area contributed by atoms with Crippen LogP contribution in [-0.2, 0) is 11.3 Å². The smallest absolute Gasteiger partial charge is 0.266 e. The lowest BCUT2D eigenvalue weighted by Gasteiger charge is -2.14. The Balaban J connectivity index is 2.42. The van der Waals surface area contributed by atoms with E-state index in [1.807, 2.05) is 13.8 Å². The number of aromatic amines is 1. The van der Waals surface area contributed by atoms with Crippen LogP contribution >= 0.6 is 0 Å². The summed E-state index contributed by atoms with van der Waals surface area (Å²) >= 11 is 0. The summed E-state index contributed by atoms with van der Waals surface area (Å²) < 4.78 is 7.09. The van der Waals surface area contributed by atoms with Gasteiger partial charge in [0.25, 0.3) is 11.1 Å². The van der Waals surface area contributed by atoms with E-state index in [4.69, 9.17) is 10.00 Å². The molecule has 0 saturated carbocycles. The second-order valence-electron chi connectivity index (χ2n) is 4.91. The fourth-order valence-electron chi connectivity index (χ4n) is 2.12. The predicted molar refractivity (Wildman–Crippen MR) is 79.2 cm³/mol. The lowest BCUT2D eigenvalue weighted by atomic mass is 10.2. The zero-order valence-electron chi connectivity index (χ0n) is 12.0. The molecular formula is C15H17N3O3. The van der Waals surface area contributed by atoms with E-state index in [0.29, 0.717) is 24.1 Å². The van der Waals surface area contributed by atoms with Crippen LogP contribution in [0.15, 0.2) is 27.9 Å². The van der Waals surface area contributed by atoms with E-state index in [0.717, 1.165) is 6.42 Å². The molecule has 110 valence electrons. The standard InChI is InChI=1S/C15H17N3O3/c1-3-6-21-10(2)9-18-5-4-13-12(15(18)20)7-11(8-16)14(19)17-13/h4-5,7,10H,3,6,9H2,1-2H3,(H,17,19)/t10-/m0/s1. The van der Waals surface area contributed by atoms with Gasteiger partial charge in [0.15, 0.2) is 0 Å². The molecule has 0 aliphatic heterocycles. The zero-order chi connectivity index (χ0) is 15.4. The van der Waals surface area contributed by atoms with E-state index in [9.17, 15) is 9.59 Å². The second kappa shape index (κ2) is 6.37. The third kappa shape index (κ3) is 3.20. The number of fused-ring (bicyclic) bond motifs is 1. The molecule has 1 atom stereocenters.